The van der Waals surface area contributed by atoms with Gasteiger partial charge in [-0.2, -0.15) is 18.4 Å². The monoisotopic (exact) mass is 471 g/mol. The van der Waals surface area contributed by atoms with Crippen LogP contribution in [0.15, 0.2) is 42.5 Å². The van der Waals surface area contributed by atoms with Gasteiger partial charge in [0.15, 0.2) is 5.11 Å². The molecule has 1 aliphatic carbocycles. The lowest BCUT2D eigenvalue weighted by molar-refractivity contribution is -0.137. The Morgan fingerprint density at radius 3 is 2.12 bits per heavy atom. The van der Waals surface area contributed by atoms with Crippen LogP contribution in [0.4, 0.5) is 24.5 Å². The number of amides is 1. The predicted molar refractivity (Wildman–Crippen MR) is 125 cm³/mol. The van der Waals surface area contributed by atoms with Crippen LogP contribution in [0.3, 0.4) is 0 Å². The van der Waals surface area contributed by atoms with Gasteiger partial charge in [-0.05, 0) is 62.3 Å². The van der Waals surface area contributed by atoms with Gasteiger partial charge in [0.2, 0.25) is 0 Å². The van der Waals surface area contributed by atoms with E-state index in [0.717, 1.165) is 55.5 Å². The summed E-state index contributed by atoms with van der Waals surface area (Å²) in [5.74, 6) is -0.298. The first-order valence-corrected chi connectivity index (χ1v) is 11.5. The summed E-state index contributed by atoms with van der Waals surface area (Å²) >= 11 is 5.75. The zero-order valence-electron chi connectivity index (χ0n) is 18.3. The molecule has 33 heavy (non-hydrogen) atoms. The fourth-order valence-electron chi connectivity index (χ4n) is 4.88. The third-order valence-electron chi connectivity index (χ3n) is 6.57. The standard InChI is InChI=1S/C25H24F3N3OS/c1-17-7-10-19(11-8-17)31-23(33)30(22(32)24(31)13-5-3-2-4-6-14-24)20-12-9-18(16-29)21(15-20)25(26,27)28/h7-12,15H,2-6,13-14H2,1H3. The first kappa shape index (κ1) is 23.2. The summed E-state index contributed by atoms with van der Waals surface area (Å²) in [5.41, 5.74) is -0.641. The van der Waals surface area contributed by atoms with Crippen LogP contribution in [0.25, 0.3) is 0 Å². The van der Waals surface area contributed by atoms with Crippen molar-refractivity contribution in [3.63, 3.8) is 0 Å². The SMILES string of the molecule is Cc1ccc(N2C(=S)N(c3ccc(C#N)c(C(F)(F)F)c3)C(=O)C23CCCCCCC3)cc1. The molecule has 8 heteroatoms. The van der Waals surface area contributed by atoms with Gasteiger partial charge < -0.3 is 4.90 Å². The van der Waals surface area contributed by atoms with Crippen LogP contribution in [0.1, 0.15) is 61.6 Å². The van der Waals surface area contributed by atoms with Crippen molar-refractivity contribution in [1.82, 2.24) is 0 Å². The number of carbonyl (C=O) groups excluding carboxylic acids is 1. The molecule has 1 heterocycles. The number of nitrogens with zero attached hydrogens (tertiary/aromatic N) is 3. The zero-order chi connectivity index (χ0) is 23.8. The van der Waals surface area contributed by atoms with Crippen molar-refractivity contribution in [3.05, 3.63) is 59.2 Å². The number of carbonyl (C=O) groups is 1. The average Bonchev–Trinajstić information content (AvgIpc) is 2.97. The highest BCUT2D eigenvalue weighted by atomic mass is 32.1. The molecule has 2 aromatic rings. The summed E-state index contributed by atoms with van der Waals surface area (Å²) < 4.78 is 40.9. The molecule has 2 aliphatic rings. The van der Waals surface area contributed by atoms with Gasteiger partial charge >= 0.3 is 6.18 Å². The number of rotatable bonds is 2. The average molecular weight is 472 g/mol. The van der Waals surface area contributed by atoms with E-state index in [-0.39, 0.29) is 16.7 Å². The Morgan fingerprint density at radius 1 is 0.970 bits per heavy atom. The molecule has 1 amide bonds. The molecule has 4 nitrogen and oxygen atoms in total. The number of alkyl halides is 3. The van der Waals surface area contributed by atoms with Crippen LogP contribution in [-0.4, -0.2) is 16.6 Å². The van der Waals surface area contributed by atoms with Crippen LogP contribution in [0, 0.1) is 18.3 Å². The molecule has 1 saturated carbocycles. The molecule has 0 aromatic heterocycles. The highest BCUT2D eigenvalue weighted by Gasteiger charge is 2.55. The van der Waals surface area contributed by atoms with Gasteiger partial charge in [0, 0.05) is 5.69 Å². The van der Waals surface area contributed by atoms with Gasteiger partial charge in [-0.25, -0.2) is 0 Å². The van der Waals surface area contributed by atoms with Gasteiger partial charge in [0.25, 0.3) is 5.91 Å². The molecule has 1 spiro atoms. The van der Waals surface area contributed by atoms with Gasteiger partial charge in [-0.3, -0.25) is 9.69 Å². The van der Waals surface area contributed by atoms with Crippen LogP contribution in [-0.2, 0) is 11.0 Å². The number of anilines is 2. The predicted octanol–water partition coefficient (Wildman–Crippen LogP) is 6.51. The van der Waals surface area contributed by atoms with Crippen molar-refractivity contribution in [1.29, 1.82) is 5.26 Å². The lowest BCUT2D eigenvalue weighted by Crippen LogP contribution is -2.50. The summed E-state index contributed by atoms with van der Waals surface area (Å²) in [5, 5.41) is 9.32. The zero-order valence-corrected chi connectivity index (χ0v) is 19.1. The molecule has 172 valence electrons. The van der Waals surface area contributed by atoms with E-state index in [0.29, 0.717) is 12.8 Å². The summed E-state index contributed by atoms with van der Waals surface area (Å²) in [6.45, 7) is 1.96. The molecule has 0 N–H and O–H groups in total. The van der Waals surface area contributed by atoms with E-state index in [2.05, 4.69) is 0 Å². The number of halogens is 3. The van der Waals surface area contributed by atoms with E-state index in [9.17, 15) is 18.0 Å². The van der Waals surface area contributed by atoms with Crippen LogP contribution in [0.2, 0.25) is 0 Å². The summed E-state index contributed by atoms with van der Waals surface area (Å²) in [6.07, 6.45) is 1.22. The van der Waals surface area contributed by atoms with E-state index in [1.165, 1.54) is 11.0 Å². The van der Waals surface area contributed by atoms with Crippen molar-refractivity contribution >= 4 is 34.6 Å². The molecule has 0 atom stereocenters. The molecule has 2 fully saturated rings. The Kier molecular flexibility index (Phi) is 6.19. The minimum Gasteiger partial charge on any atom is -0.303 e. The molecule has 4 rings (SSSR count). The Balaban J connectivity index is 1.86. The lowest BCUT2D eigenvalue weighted by atomic mass is 9.82. The Labute approximate surface area is 196 Å². The van der Waals surface area contributed by atoms with Crippen molar-refractivity contribution in [2.75, 3.05) is 9.80 Å². The maximum atomic E-state index is 14.0. The second kappa shape index (κ2) is 8.79. The molecule has 1 saturated heterocycles. The first-order chi connectivity index (χ1) is 15.7. The van der Waals surface area contributed by atoms with Crippen LogP contribution >= 0.6 is 12.2 Å². The fourth-order valence-corrected chi connectivity index (χ4v) is 5.35. The minimum absolute atomic E-state index is 0.0346. The second-order valence-electron chi connectivity index (χ2n) is 8.73. The topological polar surface area (TPSA) is 47.3 Å². The van der Waals surface area contributed by atoms with Gasteiger partial charge in [-0.1, -0.05) is 49.8 Å². The van der Waals surface area contributed by atoms with E-state index < -0.39 is 22.8 Å². The Morgan fingerprint density at radius 2 is 1.55 bits per heavy atom. The van der Waals surface area contributed by atoms with Crippen molar-refractivity contribution < 1.29 is 18.0 Å². The van der Waals surface area contributed by atoms with Gasteiger partial charge in [0.05, 0.1) is 22.9 Å². The minimum atomic E-state index is -4.72. The highest BCUT2D eigenvalue weighted by molar-refractivity contribution is 7.81. The molecule has 0 radical (unpaired) electrons. The number of hydrogen-bond acceptors (Lipinski definition) is 3. The summed E-state index contributed by atoms with van der Waals surface area (Å²) in [7, 11) is 0. The largest absolute Gasteiger partial charge is 0.417 e. The highest BCUT2D eigenvalue weighted by Crippen LogP contribution is 2.44. The fraction of sp³-hybridized carbons (Fsp3) is 0.400. The normalized spacial score (nSPS) is 18.9. The summed E-state index contributed by atoms with van der Waals surface area (Å²) in [4.78, 5) is 17.1. The van der Waals surface area contributed by atoms with E-state index in [1.54, 1.807) is 6.07 Å². The third-order valence-corrected chi connectivity index (χ3v) is 6.94. The third kappa shape index (κ3) is 4.10. The van der Waals surface area contributed by atoms with Crippen LogP contribution < -0.4 is 9.80 Å². The van der Waals surface area contributed by atoms with E-state index in [4.69, 9.17) is 17.5 Å². The summed E-state index contributed by atoms with van der Waals surface area (Å²) in [6, 6.07) is 12.6. The van der Waals surface area contributed by atoms with Crippen molar-refractivity contribution in [2.45, 2.75) is 63.6 Å². The molecular weight excluding hydrogens is 447 g/mol. The number of nitriles is 1. The maximum Gasteiger partial charge on any atom is 0.417 e. The van der Waals surface area contributed by atoms with Gasteiger partial charge in [-0.15, -0.1) is 0 Å². The maximum absolute atomic E-state index is 14.0. The number of thiocarbonyl (C=S) groups is 1. The van der Waals surface area contributed by atoms with E-state index in [1.807, 2.05) is 36.1 Å². The molecule has 2 aromatic carbocycles. The molecule has 0 unspecified atom stereocenters. The van der Waals surface area contributed by atoms with Crippen LogP contribution in [0.5, 0.6) is 0 Å². The van der Waals surface area contributed by atoms with Crippen molar-refractivity contribution in [2.24, 2.45) is 0 Å². The second-order valence-corrected chi connectivity index (χ2v) is 9.10. The number of aryl methyl sites for hydroxylation is 1. The Bertz CT molecular complexity index is 1110. The molecule has 1 aliphatic heterocycles. The van der Waals surface area contributed by atoms with Gasteiger partial charge in [0.1, 0.15) is 5.54 Å². The Hall–Kier alpha value is -2.92. The van der Waals surface area contributed by atoms with E-state index >= 15 is 0 Å². The molecule has 0 bridgehead atoms. The lowest BCUT2D eigenvalue weighted by Gasteiger charge is -2.37. The quantitative estimate of drug-likeness (QED) is 0.469. The first-order valence-electron chi connectivity index (χ1n) is 11.1. The number of hydrogen-bond donors (Lipinski definition) is 0. The smallest absolute Gasteiger partial charge is 0.303 e. The van der Waals surface area contributed by atoms with Crippen molar-refractivity contribution in [3.8, 4) is 6.07 Å². The molecular formula is C25H24F3N3OS. The number of benzene rings is 2.